The fourth-order valence-electron chi connectivity index (χ4n) is 3.19. The monoisotopic (exact) mass is 334 g/mol. The van der Waals surface area contributed by atoms with Gasteiger partial charge in [0.1, 0.15) is 11.4 Å². The van der Waals surface area contributed by atoms with Gasteiger partial charge in [-0.05, 0) is 57.2 Å². The molecular weight excluding hydrogens is 304 g/mol. The quantitative estimate of drug-likeness (QED) is 0.744. The van der Waals surface area contributed by atoms with Crippen LogP contribution in [-0.2, 0) is 11.3 Å². The maximum Gasteiger partial charge on any atom is 0.407 e. The molecule has 1 atom stereocenters. The highest BCUT2D eigenvalue weighted by Gasteiger charge is 2.26. The SMILES string of the molecule is CC(C)(C)OC(=O)NCC(NCc1cccc(O)c1)C1CCCC1. The van der Waals surface area contributed by atoms with Crippen LogP contribution in [0.4, 0.5) is 4.79 Å². The molecule has 1 unspecified atom stereocenters. The Balaban J connectivity index is 1.88. The minimum absolute atomic E-state index is 0.211. The highest BCUT2D eigenvalue weighted by molar-refractivity contribution is 5.67. The molecule has 1 aliphatic rings. The van der Waals surface area contributed by atoms with Crippen molar-refractivity contribution in [3.8, 4) is 5.75 Å². The fraction of sp³-hybridized carbons (Fsp3) is 0.632. The minimum atomic E-state index is -0.484. The van der Waals surface area contributed by atoms with Crippen LogP contribution in [0.15, 0.2) is 24.3 Å². The molecule has 1 aromatic carbocycles. The number of hydrogen-bond acceptors (Lipinski definition) is 4. The predicted molar refractivity (Wildman–Crippen MR) is 94.9 cm³/mol. The van der Waals surface area contributed by atoms with Crippen molar-refractivity contribution in [1.82, 2.24) is 10.6 Å². The van der Waals surface area contributed by atoms with Gasteiger partial charge in [-0.2, -0.15) is 0 Å². The second kappa shape index (κ2) is 8.38. The second-order valence-electron chi connectivity index (χ2n) is 7.58. The molecule has 24 heavy (non-hydrogen) atoms. The van der Waals surface area contributed by atoms with E-state index in [0.717, 1.165) is 5.56 Å². The summed E-state index contributed by atoms with van der Waals surface area (Å²) < 4.78 is 5.32. The van der Waals surface area contributed by atoms with Crippen LogP contribution in [0.25, 0.3) is 0 Å². The van der Waals surface area contributed by atoms with Gasteiger partial charge in [0.05, 0.1) is 0 Å². The summed E-state index contributed by atoms with van der Waals surface area (Å²) in [6.45, 7) is 6.81. The average molecular weight is 334 g/mol. The number of amides is 1. The van der Waals surface area contributed by atoms with Gasteiger partial charge < -0.3 is 20.5 Å². The summed E-state index contributed by atoms with van der Waals surface area (Å²) in [6, 6.07) is 7.47. The van der Waals surface area contributed by atoms with E-state index in [2.05, 4.69) is 10.6 Å². The van der Waals surface area contributed by atoms with Crippen molar-refractivity contribution in [2.75, 3.05) is 6.54 Å². The van der Waals surface area contributed by atoms with Crippen molar-refractivity contribution in [1.29, 1.82) is 0 Å². The summed E-state index contributed by atoms with van der Waals surface area (Å²) in [4.78, 5) is 11.9. The van der Waals surface area contributed by atoms with Crippen molar-refractivity contribution in [2.45, 2.75) is 64.6 Å². The Hall–Kier alpha value is -1.75. The Labute approximate surface area is 144 Å². The van der Waals surface area contributed by atoms with Crippen molar-refractivity contribution in [2.24, 2.45) is 5.92 Å². The Morgan fingerprint density at radius 1 is 1.33 bits per heavy atom. The molecule has 0 spiro atoms. The van der Waals surface area contributed by atoms with E-state index >= 15 is 0 Å². The molecule has 5 nitrogen and oxygen atoms in total. The van der Waals surface area contributed by atoms with Crippen LogP contribution >= 0.6 is 0 Å². The Morgan fingerprint density at radius 3 is 2.67 bits per heavy atom. The molecule has 1 fully saturated rings. The summed E-state index contributed by atoms with van der Waals surface area (Å²) in [5.74, 6) is 0.843. The first-order chi connectivity index (χ1) is 11.3. The Kier molecular flexibility index (Phi) is 6.49. The van der Waals surface area contributed by atoms with Gasteiger partial charge in [-0.3, -0.25) is 0 Å². The minimum Gasteiger partial charge on any atom is -0.508 e. The molecule has 1 aromatic rings. The van der Waals surface area contributed by atoms with Crippen molar-refractivity contribution < 1.29 is 14.6 Å². The number of phenols is 1. The number of carbonyl (C=O) groups excluding carboxylic acids is 1. The third kappa shape index (κ3) is 6.40. The number of nitrogens with one attached hydrogen (secondary N) is 2. The predicted octanol–water partition coefficient (Wildman–Crippen LogP) is 3.57. The molecule has 3 N–H and O–H groups in total. The number of rotatable bonds is 6. The van der Waals surface area contributed by atoms with Gasteiger partial charge in [0.25, 0.3) is 0 Å². The zero-order valence-corrected chi connectivity index (χ0v) is 15.0. The van der Waals surface area contributed by atoms with Crippen LogP contribution in [0.2, 0.25) is 0 Å². The lowest BCUT2D eigenvalue weighted by molar-refractivity contribution is 0.0518. The summed E-state index contributed by atoms with van der Waals surface area (Å²) >= 11 is 0. The van der Waals surface area contributed by atoms with Gasteiger partial charge in [-0.15, -0.1) is 0 Å². The number of phenolic OH excluding ortho intramolecular Hbond substituents is 1. The number of benzene rings is 1. The molecule has 0 saturated heterocycles. The van der Waals surface area contributed by atoms with Gasteiger partial charge in [0.15, 0.2) is 0 Å². The molecular formula is C19H30N2O3. The maximum atomic E-state index is 11.9. The molecule has 0 aliphatic heterocycles. The second-order valence-corrected chi connectivity index (χ2v) is 7.58. The van der Waals surface area contributed by atoms with Gasteiger partial charge in [-0.25, -0.2) is 4.79 Å². The number of aromatic hydroxyl groups is 1. The summed E-state index contributed by atoms with van der Waals surface area (Å²) in [7, 11) is 0. The van der Waals surface area contributed by atoms with Gasteiger partial charge >= 0.3 is 6.09 Å². The molecule has 0 radical (unpaired) electrons. The third-order valence-corrected chi connectivity index (χ3v) is 4.31. The number of carbonyl (C=O) groups is 1. The van der Waals surface area contributed by atoms with E-state index < -0.39 is 5.60 Å². The van der Waals surface area contributed by atoms with E-state index in [0.29, 0.717) is 19.0 Å². The van der Waals surface area contributed by atoms with Crippen LogP contribution in [0, 0.1) is 5.92 Å². The normalized spacial score (nSPS) is 16.8. The fourth-order valence-corrected chi connectivity index (χ4v) is 3.19. The van der Waals surface area contributed by atoms with E-state index in [1.807, 2.05) is 32.9 Å². The van der Waals surface area contributed by atoms with Crippen LogP contribution in [-0.4, -0.2) is 29.4 Å². The van der Waals surface area contributed by atoms with Crippen molar-refractivity contribution in [3.63, 3.8) is 0 Å². The molecule has 0 bridgehead atoms. The van der Waals surface area contributed by atoms with Crippen LogP contribution in [0.3, 0.4) is 0 Å². The van der Waals surface area contributed by atoms with E-state index in [1.165, 1.54) is 25.7 Å². The lowest BCUT2D eigenvalue weighted by Gasteiger charge is -2.26. The zero-order valence-electron chi connectivity index (χ0n) is 15.0. The van der Waals surface area contributed by atoms with Crippen LogP contribution < -0.4 is 10.6 Å². The largest absolute Gasteiger partial charge is 0.508 e. The number of hydrogen-bond donors (Lipinski definition) is 3. The Bertz CT molecular complexity index is 534. The number of ether oxygens (including phenoxy) is 1. The molecule has 0 heterocycles. The van der Waals surface area contributed by atoms with E-state index in [1.54, 1.807) is 12.1 Å². The average Bonchev–Trinajstić information content (AvgIpc) is 2.99. The highest BCUT2D eigenvalue weighted by atomic mass is 16.6. The standard InChI is InChI=1S/C19H30N2O3/c1-19(2,3)24-18(23)21-13-17(15-8-4-5-9-15)20-12-14-7-6-10-16(22)11-14/h6-7,10-11,15,17,20,22H,4-5,8-9,12-13H2,1-3H3,(H,21,23). The first kappa shape index (κ1) is 18.6. The first-order valence-electron chi connectivity index (χ1n) is 8.81. The lowest BCUT2D eigenvalue weighted by Crippen LogP contribution is -2.45. The topological polar surface area (TPSA) is 70.6 Å². The molecule has 134 valence electrons. The molecule has 1 amide bonds. The zero-order chi connectivity index (χ0) is 17.6. The highest BCUT2D eigenvalue weighted by Crippen LogP contribution is 2.28. The molecule has 0 aromatic heterocycles. The molecule has 1 aliphatic carbocycles. The van der Waals surface area contributed by atoms with Gasteiger partial charge in [0, 0.05) is 19.1 Å². The van der Waals surface area contributed by atoms with Crippen LogP contribution in [0.5, 0.6) is 5.75 Å². The maximum absolute atomic E-state index is 11.9. The van der Waals surface area contributed by atoms with E-state index in [-0.39, 0.29) is 17.9 Å². The lowest BCUT2D eigenvalue weighted by atomic mass is 9.97. The third-order valence-electron chi connectivity index (χ3n) is 4.31. The Morgan fingerprint density at radius 2 is 2.04 bits per heavy atom. The molecule has 5 heteroatoms. The van der Waals surface area contributed by atoms with Gasteiger partial charge in [-0.1, -0.05) is 25.0 Å². The van der Waals surface area contributed by atoms with E-state index in [9.17, 15) is 9.90 Å². The van der Waals surface area contributed by atoms with E-state index in [4.69, 9.17) is 4.74 Å². The smallest absolute Gasteiger partial charge is 0.407 e. The van der Waals surface area contributed by atoms with Crippen LogP contribution in [0.1, 0.15) is 52.0 Å². The first-order valence-corrected chi connectivity index (χ1v) is 8.81. The summed E-state index contributed by atoms with van der Waals surface area (Å²) in [6.07, 6.45) is 4.51. The molecule has 1 saturated carbocycles. The number of alkyl carbamates (subject to hydrolysis) is 1. The van der Waals surface area contributed by atoms with Crippen molar-refractivity contribution in [3.05, 3.63) is 29.8 Å². The van der Waals surface area contributed by atoms with Gasteiger partial charge in [0.2, 0.25) is 0 Å². The van der Waals surface area contributed by atoms with Crippen molar-refractivity contribution >= 4 is 6.09 Å². The summed E-state index contributed by atoms with van der Waals surface area (Å²) in [5.41, 5.74) is 0.553. The summed E-state index contributed by atoms with van der Waals surface area (Å²) in [5, 5.41) is 16.0. The molecule has 2 rings (SSSR count).